The van der Waals surface area contributed by atoms with Crippen molar-refractivity contribution < 1.29 is 4.79 Å². The third-order valence-electron chi connectivity index (χ3n) is 5.22. The highest BCUT2D eigenvalue weighted by molar-refractivity contribution is 5.94. The fourth-order valence-electron chi connectivity index (χ4n) is 3.90. The molecule has 134 valence electrons. The molecule has 27 heavy (non-hydrogen) atoms. The minimum absolute atomic E-state index is 0.0127. The Kier molecular flexibility index (Phi) is 3.74. The number of amides is 1. The van der Waals surface area contributed by atoms with Crippen LogP contribution in [0.15, 0.2) is 54.9 Å². The van der Waals surface area contributed by atoms with E-state index < -0.39 is 0 Å². The van der Waals surface area contributed by atoms with Gasteiger partial charge in [0.1, 0.15) is 5.69 Å². The van der Waals surface area contributed by atoms with Crippen molar-refractivity contribution in [3.63, 3.8) is 0 Å². The SMILES string of the molecule is O=C(NC1CCCc2c1[nH]c1ccccc21)c1cc(-c2ccncc2)n[nH]1. The van der Waals surface area contributed by atoms with Gasteiger partial charge in [-0.25, -0.2) is 0 Å². The van der Waals surface area contributed by atoms with E-state index in [-0.39, 0.29) is 11.9 Å². The summed E-state index contributed by atoms with van der Waals surface area (Å²) >= 11 is 0. The van der Waals surface area contributed by atoms with Gasteiger partial charge in [0.2, 0.25) is 0 Å². The van der Waals surface area contributed by atoms with Crippen molar-refractivity contribution in [2.45, 2.75) is 25.3 Å². The molecule has 5 rings (SSSR count). The fraction of sp³-hybridized carbons (Fsp3) is 0.190. The van der Waals surface area contributed by atoms with Crippen molar-refractivity contribution in [1.29, 1.82) is 0 Å². The molecule has 3 aromatic heterocycles. The first kappa shape index (κ1) is 15.8. The average molecular weight is 357 g/mol. The Balaban J connectivity index is 1.40. The lowest BCUT2D eigenvalue weighted by molar-refractivity contribution is 0.0927. The predicted octanol–water partition coefficient (Wildman–Crippen LogP) is 3.76. The maximum absolute atomic E-state index is 12.8. The molecule has 3 heterocycles. The lowest BCUT2D eigenvalue weighted by Crippen LogP contribution is -2.31. The third-order valence-corrected chi connectivity index (χ3v) is 5.22. The fourth-order valence-corrected chi connectivity index (χ4v) is 3.90. The Hall–Kier alpha value is -3.41. The van der Waals surface area contributed by atoms with Gasteiger partial charge in [0.25, 0.3) is 5.91 Å². The van der Waals surface area contributed by atoms with E-state index in [9.17, 15) is 4.79 Å². The number of carbonyl (C=O) groups excluding carboxylic acids is 1. The Morgan fingerprint density at radius 1 is 1.15 bits per heavy atom. The Morgan fingerprint density at radius 2 is 2.00 bits per heavy atom. The second-order valence-electron chi connectivity index (χ2n) is 6.88. The highest BCUT2D eigenvalue weighted by atomic mass is 16.2. The van der Waals surface area contributed by atoms with Crippen LogP contribution in [0.1, 0.15) is 40.6 Å². The Labute approximate surface area is 156 Å². The standard InChI is InChI=1S/C21H19N5O/c27-21(19-12-18(25-26-19)13-8-10-22-11-9-13)24-17-7-3-5-15-14-4-1-2-6-16(14)23-20(15)17/h1-2,4,6,8-12,17,23H,3,5,7H2,(H,24,27)(H,25,26). The monoisotopic (exact) mass is 357 g/mol. The van der Waals surface area contributed by atoms with E-state index in [1.54, 1.807) is 18.5 Å². The van der Waals surface area contributed by atoms with Gasteiger partial charge in [0, 0.05) is 34.6 Å². The van der Waals surface area contributed by atoms with E-state index >= 15 is 0 Å². The molecule has 1 aliphatic carbocycles. The van der Waals surface area contributed by atoms with E-state index in [2.05, 4.69) is 43.7 Å². The maximum atomic E-state index is 12.8. The van der Waals surface area contributed by atoms with Crippen molar-refractivity contribution in [3.05, 3.63) is 71.8 Å². The smallest absolute Gasteiger partial charge is 0.269 e. The number of aryl methyl sites for hydroxylation is 1. The predicted molar refractivity (Wildman–Crippen MR) is 103 cm³/mol. The molecule has 0 spiro atoms. The van der Waals surface area contributed by atoms with Gasteiger partial charge in [0.15, 0.2) is 0 Å². The number of pyridine rings is 1. The molecule has 4 aromatic rings. The largest absolute Gasteiger partial charge is 0.356 e. The van der Waals surface area contributed by atoms with Gasteiger partial charge in [0.05, 0.1) is 11.7 Å². The molecule has 0 bridgehead atoms. The van der Waals surface area contributed by atoms with Crippen LogP contribution in [0.5, 0.6) is 0 Å². The highest BCUT2D eigenvalue weighted by Gasteiger charge is 2.26. The number of carbonyl (C=O) groups is 1. The van der Waals surface area contributed by atoms with Crippen LogP contribution in [0.3, 0.4) is 0 Å². The third kappa shape index (κ3) is 2.79. The van der Waals surface area contributed by atoms with Crippen LogP contribution in [0.4, 0.5) is 0 Å². The summed E-state index contributed by atoms with van der Waals surface area (Å²) in [6.07, 6.45) is 6.45. The summed E-state index contributed by atoms with van der Waals surface area (Å²) in [6, 6.07) is 13.8. The van der Waals surface area contributed by atoms with Gasteiger partial charge in [-0.15, -0.1) is 0 Å². The highest BCUT2D eigenvalue weighted by Crippen LogP contribution is 2.34. The summed E-state index contributed by atoms with van der Waals surface area (Å²) in [7, 11) is 0. The van der Waals surface area contributed by atoms with Crippen molar-refractivity contribution in [2.24, 2.45) is 0 Å². The molecule has 1 aromatic carbocycles. The lowest BCUT2D eigenvalue weighted by atomic mass is 9.91. The molecule has 0 radical (unpaired) electrons. The minimum Gasteiger partial charge on any atom is -0.356 e. The summed E-state index contributed by atoms with van der Waals surface area (Å²) in [5.41, 5.74) is 5.71. The average Bonchev–Trinajstić information content (AvgIpc) is 3.35. The Morgan fingerprint density at radius 3 is 2.89 bits per heavy atom. The van der Waals surface area contributed by atoms with Crippen LogP contribution in [0.25, 0.3) is 22.2 Å². The number of benzene rings is 1. The number of para-hydroxylation sites is 1. The number of hydrogen-bond acceptors (Lipinski definition) is 3. The number of rotatable bonds is 3. The lowest BCUT2D eigenvalue weighted by Gasteiger charge is -2.23. The zero-order chi connectivity index (χ0) is 18.2. The molecule has 1 aliphatic rings. The molecule has 3 N–H and O–H groups in total. The molecule has 6 heteroatoms. The number of hydrogen-bond donors (Lipinski definition) is 3. The van der Waals surface area contributed by atoms with E-state index in [0.29, 0.717) is 5.69 Å². The van der Waals surface area contributed by atoms with Crippen LogP contribution >= 0.6 is 0 Å². The number of aromatic nitrogens is 4. The van der Waals surface area contributed by atoms with E-state index in [4.69, 9.17) is 0 Å². The first-order chi connectivity index (χ1) is 13.3. The number of H-pyrrole nitrogens is 2. The Bertz CT molecular complexity index is 1110. The van der Waals surface area contributed by atoms with Crippen molar-refractivity contribution in [1.82, 2.24) is 25.5 Å². The number of nitrogens with one attached hydrogen (secondary N) is 3. The molecular weight excluding hydrogens is 338 g/mol. The van der Waals surface area contributed by atoms with Gasteiger partial charge < -0.3 is 10.3 Å². The molecule has 1 atom stereocenters. The molecule has 0 saturated heterocycles. The van der Waals surface area contributed by atoms with Crippen LogP contribution in [0, 0.1) is 0 Å². The quantitative estimate of drug-likeness (QED) is 0.522. The molecule has 0 aliphatic heterocycles. The summed E-state index contributed by atoms with van der Waals surface area (Å²) < 4.78 is 0. The summed E-state index contributed by atoms with van der Waals surface area (Å²) in [5.74, 6) is -0.140. The topological polar surface area (TPSA) is 86.5 Å². The molecule has 1 amide bonds. The van der Waals surface area contributed by atoms with Crippen molar-refractivity contribution in [3.8, 4) is 11.3 Å². The zero-order valence-corrected chi connectivity index (χ0v) is 14.7. The molecular formula is C21H19N5O. The van der Waals surface area contributed by atoms with Crippen LogP contribution < -0.4 is 5.32 Å². The number of aromatic amines is 2. The van der Waals surface area contributed by atoms with Crippen molar-refractivity contribution in [2.75, 3.05) is 0 Å². The van der Waals surface area contributed by atoms with Gasteiger partial charge in [-0.3, -0.25) is 14.9 Å². The second kappa shape index (κ2) is 6.39. The number of nitrogens with zero attached hydrogens (tertiary/aromatic N) is 2. The van der Waals surface area contributed by atoms with Crippen LogP contribution in [0.2, 0.25) is 0 Å². The van der Waals surface area contributed by atoms with E-state index in [0.717, 1.165) is 41.7 Å². The minimum atomic E-state index is -0.140. The van der Waals surface area contributed by atoms with E-state index in [1.807, 2.05) is 18.2 Å². The molecule has 0 fully saturated rings. The summed E-state index contributed by atoms with van der Waals surface area (Å²) in [6.45, 7) is 0. The van der Waals surface area contributed by atoms with Gasteiger partial charge in [-0.2, -0.15) is 5.10 Å². The van der Waals surface area contributed by atoms with Gasteiger partial charge in [-0.1, -0.05) is 18.2 Å². The zero-order valence-electron chi connectivity index (χ0n) is 14.7. The van der Waals surface area contributed by atoms with Crippen molar-refractivity contribution >= 4 is 16.8 Å². The normalized spacial score (nSPS) is 16.2. The molecule has 0 saturated carbocycles. The first-order valence-electron chi connectivity index (χ1n) is 9.16. The van der Waals surface area contributed by atoms with Gasteiger partial charge in [-0.05, 0) is 49.1 Å². The summed E-state index contributed by atoms with van der Waals surface area (Å²) in [5, 5.41) is 11.5. The van der Waals surface area contributed by atoms with Gasteiger partial charge >= 0.3 is 0 Å². The number of fused-ring (bicyclic) bond motifs is 3. The second-order valence-corrected chi connectivity index (χ2v) is 6.88. The van der Waals surface area contributed by atoms with E-state index in [1.165, 1.54) is 10.9 Å². The summed E-state index contributed by atoms with van der Waals surface area (Å²) in [4.78, 5) is 20.3. The first-order valence-corrected chi connectivity index (χ1v) is 9.16. The van der Waals surface area contributed by atoms with Crippen LogP contribution in [-0.2, 0) is 6.42 Å². The molecule has 6 nitrogen and oxygen atoms in total. The van der Waals surface area contributed by atoms with Crippen LogP contribution in [-0.4, -0.2) is 26.1 Å². The molecule has 1 unspecified atom stereocenters. The maximum Gasteiger partial charge on any atom is 0.269 e.